The van der Waals surface area contributed by atoms with Crippen molar-refractivity contribution >= 4 is 12.1 Å². The lowest BCUT2D eigenvalue weighted by atomic mass is 9.87. The number of alkyl carbamates (subject to hydrolysis) is 1. The van der Waals surface area contributed by atoms with Crippen LogP contribution in [-0.4, -0.2) is 40.0 Å². The average molecular weight is 247 g/mol. The third-order valence-electron chi connectivity index (χ3n) is 2.34. The zero-order chi connectivity index (χ0) is 13.9. The highest BCUT2D eigenvalue weighted by molar-refractivity contribution is 5.85. The maximum atomic E-state index is 11.5. The molecule has 0 aliphatic rings. The molecule has 0 aliphatic heterocycles. The molecular weight excluding hydrogens is 226 g/mol. The molecule has 17 heavy (non-hydrogen) atoms. The van der Waals surface area contributed by atoms with Gasteiger partial charge in [-0.3, -0.25) is 0 Å². The van der Waals surface area contributed by atoms with Gasteiger partial charge in [0.1, 0.15) is 5.60 Å². The number of aliphatic carboxylic acids is 1. The third kappa shape index (κ3) is 4.22. The maximum Gasteiger partial charge on any atom is 0.408 e. The second-order valence-corrected chi connectivity index (χ2v) is 5.22. The molecule has 0 aliphatic carbocycles. The van der Waals surface area contributed by atoms with Crippen LogP contribution >= 0.6 is 0 Å². The number of rotatable bonds is 4. The van der Waals surface area contributed by atoms with Crippen LogP contribution in [0.25, 0.3) is 0 Å². The molecule has 0 unspecified atom stereocenters. The van der Waals surface area contributed by atoms with Crippen LogP contribution in [0.3, 0.4) is 0 Å². The summed E-state index contributed by atoms with van der Waals surface area (Å²) >= 11 is 0. The van der Waals surface area contributed by atoms with Crippen LogP contribution in [0.5, 0.6) is 0 Å². The van der Waals surface area contributed by atoms with Gasteiger partial charge in [-0.05, 0) is 26.7 Å². The lowest BCUT2D eigenvalue weighted by Crippen LogP contribution is -2.61. The Morgan fingerprint density at radius 3 is 2.00 bits per heavy atom. The second kappa shape index (κ2) is 5.35. The van der Waals surface area contributed by atoms with Crippen LogP contribution < -0.4 is 5.32 Å². The summed E-state index contributed by atoms with van der Waals surface area (Å²) in [6, 6.07) is 0. The Balaban J connectivity index is 4.89. The molecular formula is C11H21NO5. The number of ether oxygens (including phenoxy) is 1. The van der Waals surface area contributed by atoms with Crippen molar-refractivity contribution in [3.8, 4) is 0 Å². The molecule has 3 N–H and O–H groups in total. The van der Waals surface area contributed by atoms with Crippen molar-refractivity contribution in [2.24, 2.45) is 5.92 Å². The van der Waals surface area contributed by atoms with Gasteiger partial charge < -0.3 is 20.3 Å². The minimum Gasteiger partial charge on any atom is -0.479 e. The van der Waals surface area contributed by atoms with Crippen molar-refractivity contribution in [2.45, 2.75) is 45.8 Å². The molecule has 0 aromatic rings. The van der Waals surface area contributed by atoms with Crippen molar-refractivity contribution in [3.05, 3.63) is 0 Å². The predicted octanol–water partition coefficient (Wildman–Crippen LogP) is 0.983. The fourth-order valence-electron chi connectivity index (χ4n) is 1.22. The van der Waals surface area contributed by atoms with Crippen molar-refractivity contribution in [1.82, 2.24) is 5.32 Å². The van der Waals surface area contributed by atoms with Crippen molar-refractivity contribution in [1.29, 1.82) is 0 Å². The van der Waals surface area contributed by atoms with Gasteiger partial charge in [0.2, 0.25) is 0 Å². The van der Waals surface area contributed by atoms with Gasteiger partial charge in [0, 0.05) is 0 Å². The Kier molecular flexibility index (Phi) is 4.94. The molecule has 1 atom stereocenters. The normalized spacial score (nSPS) is 15.2. The molecule has 0 saturated carbocycles. The first-order chi connectivity index (χ1) is 7.55. The zero-order valence-electron chi connectivity index (χ0n) is 10.9. The van der Waals surface area contributed by atoms with Gasteiger partial charge in [-0.25, -0.2) is 9.59 Å². The highest BCUT2D eigenvalue weighted by atomic mass is 16.6. The van der Waals surface area contributed by atoms with Crippen LogP contribution in [0, 0.1) is 5.92 Å². The predicted molar refractivity (Wildman–Crippen MR) is 61.7 cm³/mol. The molecule has 0 bridgehead atoms. The van der Waals surface area contributed by atoms with Crippen LogP contribution in [-0.2, 0) is 9.53 Å². The molecule has 0 radical (unpaired) electrons. The number of carboxylic acid groups (broad SMARTS) is 1. The summed E-state index contributed by atoms with van der Waals surface area (Å²) in [6.45, 7) is 7.51. The number of hydrogen-bond donors (Lipinski definition) is 3. The summed E-state index contributed by atoms with van der Waals surface area (Å²) in [5.74, 6) is -1.77. The number of carbonyl (C=O) groups is 2. The van der Waals surface area contributed by atoms with Gasteiger partial charge in [-0.15, -0.1) is 0 Å². The van der Waals surface area contributed by atoms with Crippen LogP contribution in [0.2, 0.25) is 0 Å². The molecule has 0 spiro atoms. The summed E-state index contributed by atoms with van der Waals surface area (Å²) in [5, 5.41) is 20.5. The standard InChI is InChI=1S/C11H21NO5/c1-7(2)11(6-13,8(14)15)12-9(16)17-10(3,4)5/h7,13H,6H2,1-5H3,(H,12,16)(H,14,15)/t11-/m0/s1. The lowest BCUT2D eigenvalue weighted by molar-refractivity contribution is -0.149. The van der Waals surface area contributed by atoms with Crippen LogP contribution in [0.4, 0.5) is 4.79 Å². The number of nitrogens with one attached hydrogen (secondary N) is 1. The first-order valence-corrected chi connectivity index (χ1v) is 5.40. The number of hydrogen-bond acceptors (Lipinski definition) is 4. The largest absolute Gasteiger partial charge is 0.479 e. The van der Waals surface area contributed by atoms with Gasteiger partial charge in [0.15, 0.2) is 5.54 Å². The monoisotopic (exact) mass is 247 g/mol. The Labute approximate surface area is 101 Å². The van der Waals surface area contributed by atoms with Crippen molar-refractivity contribution in [2.75, 3.05) is 6.61 Å². The van der Waals surface area contributed by atoms with Gasteiger partial charge in [-0.2, -0.15) is 0 Å². The summed E-state index contributed by atoms with van der Waals surface area (Å²) in [7, 11) is 0. The topological polar surface area (TPSA) is 95.9 Å². The molecule has 1 amide bonds. The molecule has 0 rings (SSSR count). The Hall–Kier alpha value is -1.30. The minimum absolute atomic E-state index is 0.475. The van der Waals surface area contributed by atoms with E-state index in [0.717, 1.165) is 0 Å². The number of carbonyl (C=O) groups excluding carboxylic acids is 1. The minimum atomic E-state index is -1.72. The van der Waals surface area contributed by atoms with Gasteiger partial charge in [-0.1, -0.05) is 13.8 Å². The highest BCUT2D eigenvalue weighted by Gasteiger charge is 2.43. The second-order valence-electron chi connectivity index (χ2n) is 5.22. The van der Waals surface area contributed by atoms with E-state index in [1.807, 2.05) is 0 Å². The number of carboxylic acids is 1. The first-order valence-electron chi connectivity index (χ1n) is 5.40. The quantitative estimate of drug-likeness (QED) is 0.688. The summed E-state index contributed by atoms with van der Waals surface area (Å²) in [6.07, 6.45) is -0.859. The summed E-state index contributed by atoms with van der Waals surface area (Å²) < 4.78 is 4.97. The molecule has 100 valence electrons. The van der Waals surface area contributed by atoms with Crippen LogP contribution in [0.15, 0.2) is 0 Å². The van der Waals surface area contributed by atoms with Crippen LogP contribution in [0.1, 0.15) is 34.6 Å². The van der Waals surface area contributed by atoms with Crippen molar-refractivity contribution < 1.29 is 24.5 Å². The first kappa shape index (κ1) is 15.7. The Morgan fingerprint density at radius 1 is 1.29 bits per heavy atom. The molecule has 0 aromatic carbocycles. The van der Waals surface area contributed by atoms with E-state index in [9.17, 15) is 14.7 Å². The van der Waals surface area contributed by atoms with E-state index in [-0.39, 0.29) is 0 Å². The highest BCUT2D eigenvalue weighted by Crippen LogP contribution is 2.18. The maximum absolute atomic E-state index is 11.5. The SMILES string of the molecule is CC(C)[C@](CO)(NC(=O)OC(C)(C)C)C(=O)O. The lowest BCUT2D eigenvalue weighted by Gasteiger charge is -2.33. The molecule has 6 nitrogen and oxygen atoms in total. The molecule has 6 heteroatoms. The summed E-state index contributed by atoms with van der Waals surface area (Å²) in [5.41, 5.74) is -2.44. The average Bonchev–Trinajstić information content (AvgIpc) is 2.09. The van der Waals surface area contributed by atoms with E-state index in [4.69, 9.17) is 9.84 Å². The van der Waals surface area contributed by atoms with E-state index in [1.54, 1.807) is 34.6 Å². The number of aliphatic hydroxyl groups excluding tert-OH is 1. The van der Waals surface area contributed by atoms with Gasteiger partial charge >= 0.3 is 12.1 Å². The fraction of sp³-hybridized carbons (Fsp3) is 0.818. The summed E-state index contributed by atoms with van der Waals surface area (Å²) in [4.78, 5) is 22.7. The number of aliphatic hydroxyl groups is 1. The Bertz CT molecular complexity index is 295. The van der Waals surface area contributed by atoms with Gasteiger partial charge in [0.25, 0.3) is 0 Å². The molecule has 0 heterocycles. The number of amides is 1. The van der Waals surface area contributed by atoms with E-state index in [0.29, 0.717) is 0 Å². The van der Waals surface area contributed by atoms with Gasteiger partial charge in [0.05, 0.1) is 6.61 Å². The third-order valence-corrected chi connectivity index (χ3v) is 2.34. The van der Waals surface area contributed by atoms with E-state index < -0.39 is 35.7 Å². The van der Waals surface area contributed by atoms with E-state index in [2.05, 4.69) is 5.32 Å². The molecule has 0 aromatic heterocycles. The van der Waals surface area contributed by atoms with Crippen molar-refractivity contribution in [3.63, 3.8) is 0 Å². The molecule has 0 fully saturated rings. The zero-order valence-corrected chi connectivity index (χ0v) is 10.9. The van der Waals surface area contributed by atoms with E-state index >= 15 is 0 Å². The Morgan fingerprint density at radius 2 is 1.76 bits per heavy atom. The van der Waals surface area contributed by atoms with E-state index in [1.165, 1.54) is 0 Å². The molecule has 0 saturated heterocycles. The smallest absolute Gasteiger partial charge is 0.408 e. The fourth-order valence-corrected chi connectivity index (χ4v) is 1.22.